The number of amides is 1. The number of primary amides is 1. The minimum absolute atomic E-state index is 0.0644. The largest absolute Gasteiger partial charge is 0.433 e. The van der Waals surface area contributed by atoms with Gasteiger partial charge in [-0.2, -0.15) is 13.2 Å². The Morgan fingerprint density at radius 3 is 2.33 bits per heavy atom. The normalized spacial score (nSPS) is 12.4. The SMILES string of the molecule is CC(C(N)=O)N(c1ccc(C(F)(F)F)nc1)c1nc(N)c(C(=O)c2ccccc2)s1. The molecule has 0 fully saturated rings. The van der Waals surface area contributed by atoms with Crippen LogP contribution in [-0.4, -0.2) is 27.7 Å². The summed E-state index contributed by atoms with van der Waals surface area (Å²) in [5.74, 6) is -1.18. The maximum Gasteiger partial charge on any atom is 0.433 e. The lowest BCUT2D eigenvalue weighted by atomic mass is 10.1. The summed E-state index contributed by atoms with van der Waals surface area (Å²) in [6, 6.07) is 9.31. The van der Waals surface area contributed by atoms with E-state index in [0.717, 1.165) is 29.7 Å². The number of halogens is 3. The van der Waals surface area contributed by atoms with E-state index in [-0.39, 0.29) is 27.3 Å². The highest BCUT2D eigenvalue weighted by Crippen LogP contribution is 2.36. The lowest BCUT2D eigenvalue weighted by molar-refractivity contribution is -0.141. The molecule has 156 valence electrons. The second-order valence-electron chi connectivity index (χ2n) is 6.25. The van der Waals surface area contributed by atoms with Crippen LogP contribution in [0.3, 0.4) is 0 Å². The molecule has 30 heavy (non-hydrogen) atoms. The number of nitrogens with two attached hydrogens (primary N) is 2. The lowest BCUT2D eigenvalue weighted by Crippen LogP contribution is -2.40. The summed E-state index contributed by atoms with van der Waals surface area (Å²) >= 11 is 0.903. The lowest BCUT2D eigenvalue weighted by Gasteiger charge is -2.26. The van der Waals surface area contributed by atoms with E-state index in [1.54, 1.807) is 30.3 Å². The monoisotopic (exact) mass is 435 g/mol. The van der Waals surface area contributed by atoms with Gasteiger partial charge in [-0.05, 0) is 19.1 Å². The Bertz CT molecular complexity index is 1070. The van der Waals surface area contributed by atoms with Crippen molar-refractivity contribution in [3.63, 3.8) is 0 Å². The molecule has 1 amide bonds. The number of pyridine rings is 1. The first-order valence-electron chi connectivity index (χ1n) is 8.57. The van der Waals surface area contributed by atoms with Crippen molar-refractivity contribution >= 4 is 39.7 Å². The van der Waals surface area contributed by atoms with Crippen molar-refractivity contribution < 1.29 is 22.8 Å². The van der Waals surface area contributed by atoms with Crippen molar-refractivity contribution in [3.8, 4) is 0 Å². The van der Waals surface area contributed by atoms with Crippen LogP contribution >= 0.6 is 11.3 Å². The molecule has 3 aromatic rings. The first-order valence-corrected chi connectivity index (χ1v) is 9.39. The van der Waals surface area contributed by atoms with Gasteiger partial charge in [-0.25, -0.2) is 9.97 Å². The molecule has 3 rings (SSSR count). The van der Waals surface area contributed by atoms with Gasteiger partial charge >= 0.3 is 6.18 Å². The molecule has 0 aliphatic carbocycles. The summed E-state index contributed by atoms with van der Waals surface area (Å²) < 4.78 is 38.5. The molecule has 0 spiro atoms. The molecule has 1 atom stereocenters. The van der Waals surface area contributed by atoms with Crippen molar-refractivity contribution in [2.24, 2.45) is 5.73 Å². The molecule has 2 aromatic heterocycles. The molecule has 0 radical (unpaired) electrons. The molecule has 2 heterocycles. The van der Waals surface area contributed by atoms with E-state index in [1.807, 2.05) is 0 Å². The van der Waals surface area contributed by atoms with E-state index in [9.17, 15) is 22.8 Å². The standard InChI is InChI=1S/C19H16F3N5O2S/c1-10(17(24)29)27(12-7-8-13(25-9-12)19(20,21)22)18-26-16(23)15(30-18)14(28)11-5-3-2-4-6-11/h2-10H,23H2,1H3,(H2,24,29). The van der Waals surface area contributed by atoms with Gasteiger partial charge in [0.05, 0.1) is 11.9 Å². The third-order valence-corrected chi connectivity index (χ3v) is 5.28. The Morgan fingerprint density at radius 2 is 1.80 bits per heavy atom. The maximum atomic E-state index is 12.8. The number of hydrogen-bond donors (Lipinski definition) is 2. The number of hydrogen-bond acceptors (Lipinski definition) is 7. The molecule has 0 saturated carbocycles. The summed E-state index contributed by atoms with van der Waals surface area (Å²) in [6.45, 7) is 1.45. The van der Waals surface area contributed by atoms with E-state index < -0.39 is 23.8 Å². The van der Waals surface area contributed by atoms with Crippen LogP contribution in [-0.2, 0) is 11.0 Å². The van der Waals surface area contributed by atoms with Crippen LogP contribution in [0, 0.1) is 0 Å². The first kappa shape index (κ1) is 21.2. The van der Waals surface area contributed by atoms with Gasteiger partial charge < -0.3 is 16.4 Å². The number of alkyl halides is 3. The average molecular weight is 435 g/mol. The van der Waals surface area contributed by atoms with Crippen molar-refractivity contribution in [3.05, 3.63) is 64.8 Å². The summed E-state index contributed by atoms with van der Waals surface area (Å²) in [5.41, 5.74) is 10.8. The Labute approximate surface area is 173 Å². The molecule has 7 nitrogen and oxygen atoms in total. The Hall–Kier alpha value is -3.47. The molecular weight excluding hydrogens is 419 g/mol. The minimum Gasteiger partial charge on any atom is -0.382 e. The predicted octanol–water partition coefficient (Wildman–Crippen LogP) is 3.38. The molecule has 1 aromatic carbocycles. The van der Waals surface area contributed by atoms with Gasteiger partial charge in [-0.15, -0.1) is 0 Å². The van der Waals surface area contributed by atoms with Crippen LogP contribution in [0.15, 0.2) is 48.7 Å². The average Bonchev–Trinajstić information content (AvgIpc) is 3.09. The van der Waals surface area contributed by atoms with Crippen molar-refractivity contribution in [1.29, 1.82) is 0 Å². The summed E-state index contributed by atoms with van der Waals surface area (Å²) in [5, 5.41) is 0.125. The Kier molecular flexibility index (Phi) is 5.74. The number of carbonyl (C=O) groups is 2. The number of anilines is 3. The van der Waals surface area contributed by atoms with Gasteiger partial charge in [0.15, 0.2) is 5.13 Å². The maximum absolute atomic E-state index is 12.8. The van der Waals surface area contributed by atoms with E-state index in [4.69, 9.17) is 11.5 Å². The van der Waals surface area contributed by atoms with Crippen LogP contribution in [0.25, 0.3) is 0 Å². The fourth-order valence-electron chi connectivity index (χ4n) is 2.63. The zero-order chi connectivity index (χ0) is 22.1. The van der Waals surface area contributed by atoms with Crippen LogP contribution in [0.1, 0.15) is 27.9 Å². The third kappa shape index (κ3) is 4.25. The van der Waals surface area contributed by atoms with Crippen LogP contribution < -0.4 is 16.4 Å². The fraction of sp³-hybridized carbons (Fsp3) is 0.158. The van der Waals surface area contributed by atoms with Gasteiger partial charge in [0.1, 0.15) is 22.4 Å². The van der Waals surface area contributed by atoms with E-state index in [2.05, 4.69) is 9.97 Å². The molecular formula is C19H16F3N5O2S. The highest BCUT2D eigenvalue weighted by Gasteiger charge is 2.33. The molecule has 11 heteroatoms. The number of nitrogen functional groups attached to an aromatic ring is 1. The van der Waals surface area contributed by atoms with Crippen molar-refractivity contribution in [2.45, 2.75) is 19.1 Å². The van der Waals surface area contributed by atoms with Crippen molar-refractivity contribution in [2.75, 3.05) is 10.6 Å². The van der Waals surface area contributed by atoms with Crippen LogP contribution in [0.4, 0.5) is 29.8 Å². The quantitative estimate of drug-likeness (QED) is 0.574. The number of nitrogens with zero attached hydrogens (tertiary/aromatic N) is 3. The first-order chi connectivity index (χ1) is 14.1. The van der Waals surface area contributed by atoms with E-state index >= 15 is 0 Å². The number of aromatic nitrogens is 2. The van der Waals surface area contributed by atoms with Gasteiger partial charge in [-0.1, -0.05) is 41.7 Å². The predicted molar refractivity (Wildman–Crippen MR) is 106 cm³/mol. The van der Waals surface area contributed by atoms with Gasteiger partial charge in [0.2, 0.25) is 11.7 Å². The second kappa shape index (κ2) is 8.11. The fourth-order valence-corrected chi connectivity index (χ4v) is 3.68. The Balaban J connectivity index is 2.04. The van der Waals surface area contributed by atoms with Gasteiger partial charge in [-0.3, -0.25) is 9.59 Å². The van der Waals surface area contributed by atoms with Crippen molar-refractivity contribution in [1.82, 2.24) is 9.97 Å². The van der Waals surface area contributed by atoms with E-state index in [0.29, 0.717) is 5.56 Å². The van der Waals surface area contributed by atoms with Gasteiger partial charge in [0, 0.05) is 5.56 Å². The second-order valence-corrected chi connectivity index (χ2v) is 7.23. The summed E-state index contributed by atoms with van der Waals surface area (Å²) in [4.78, 5) is 33.5. The number of benzene rings is 1. The number of rotatable bonds is 6. The molecule has 4 N–H and O–H groups in total. The number of carbonyl (C=O) groups excluding carboxylic acids is 2. The third-order valence-electron chi connectivity index (χ3n) is 4.21. The summed E-state index contributed by atoms with van der Waals surface area (Å²) in [7, 11) is 0. The topological polar surface area (TPSA) is 115 Å². The minimum atomic E-state index is -4.61. The van der Waals surface area contributed by atoms with Crippen LogP contribution in [0.2, 0.25) is 0 Å². The highest BCUT2D eigenvalue weighted by atomic mass is 32.1. The summed E-state index contributed by atoms with van der Waals surface area (Å²) in [6.07, 6.45) is -3.65. The highest BCUT2D eigenvalue weighted by molar-refractivity contribution is 7.18. The number of thiazole rings is 1. The molecule has 1 unspecified atom stereocenters. The Morgan fingerprint density at radius 1 is 1.13 bits per heavy atom. The van der Waals surface area contributed by atoms with Crippen LogP contribution in [0.5, 0.6) is 0 Å². The molecule has 0 aliphatic rings. The number of ketones is 1. The molecule has 0 bridgehead atoms. The molecule has 0 saturated heterocycles. The molecule has 0 aliphatic heterocycles. The zero-order valence-electron chi connectivity index (χ0n) is 15.6. The van der Waals surface area contributed by atoms with E-state index in [1.165, 1.54) is 11.8 Å². The van der Waals surface area contributed by atoms with Gasteiger partial charge in [0.25, 0.3) is 0 Å². The zero-order valence-corrected chi connectivity index (χ0v) is 16.4. The smallest absolute Gasteiger partial charge is 0.382 e.